The van der Waals surface area contributed by atoms with Crippen LogP contribution in [0, 0.1) is 11.3 Å². The first-order chi connectivity index (χ1) is 5.14. The van der Waals surface area contributed by atoms with E-state index in [1.807, 2.05) is 0 Å². The van der Waals surface area contributed by atoms with Crippen molar-refractivity contribution < 1.29 is 0 Å². The van der Waals surface area contributed by atoms with Crippen LogP contribution in [0.4, 0.5) is 0 Å². The average Bonchev–Trinajstić information content (AvgIpc) is 2.10. The topological polar surface area (TPSA) is 0 Å². The van der Waals surface area contributed by atoms with E-state index in [9.17, 15) is 0 Å². The third-order valence-corrected chi connectivity index (χ3v) is 2.81. The fourth-order valence-corrected chi connectivity index (χ4v) is 1.73. The summed E-state index contributed by atoms with van der Waals surface area (Å²) in [5, 5.41) is 0. The van der Waals surface area contributed by atoms with Crippen LogP contribution >= 0.6 is 0 Å². The minimum Gasteiger partial charge on any atom is -0.0877 e. The van der Waals surface area contributed by atoms with Crippen LogP contribution in [0.15, 0.2) is 12.2 Å². The summed E-state index contributed by atoms with van der Waals surface area (Å²) in [5.74, 6) is 0.952. The van der Waals surface area contributed by atoms with E-state index in [-0.39, 0.29) is 0 Å². The van der Waals surface area contributed by atoms with Crippen molar-refractivity contribution in [2.75, 3.05) is 0 Å². The third-order valence-electron chi connectivity index (χ3n) is 2.81. The summed E-state index contributed by atoms with van der Waals surface area (Å²) in [4.78, 5) is 0. The number of hydrogen-bond acceptors (Lipinski definition) is 0. The second kappa shape index (κ2) is 3.42. The second-order valence-corrected chi connectivity index (χ2v) is 4.44. The van der Waals surface area contributed by atoms with Gasteiger partial charge in [0.15, 0.2) is 0 Å². The van der Waals surface area contributed by atoms with E-state index < -0.39 is 0 Å². The van der Waals surface area contributed by atoms with E-state index in [0.29, 0.717) is 5.41 Å². The van der Waals surface area contributed by atoms with Gasteiger partial charge in [0.1, 0.15) is 0 Å². The molecule has 0 aromatic rings. The maximum absolute atomic E-state index is 2.39. The Bertz CT molecular complexity index is 142. The predicted molar refractivity (Wildman–Crippen MR) is 50.6 cm³/mol. The maximum Gasteiger partial charge on any atom is -0.0175 e. The standard InChI is InChI=1S/C11H20/c1-4-10-6-5-8-11(2,3)9-7-10/h5,8,10H,4,6-7,9H2,1-3H3. The molecule has 0 nitrogen and oxygen atoms in total. The first kappa shape index (κ1) is 8.83. The molecule has 0 aromatic carbocycles. The van der Waals surface area contributed by atoms with Crippen LogP contribution in [-0.2, 0) is 0 Å². The lowest BCUT2D eigenvalue weighted by atomic mass is 9.86. The highest BCUT2D eigenvalue weighted by molar-refractivity contribution is 4.98. The van der Waals surface area contributed by atoms with Crippen LogP contribution in [0.5, 0.6) is 0 Å². The van der Waals surface area contributed by atoms with Crippen LogP contribution in [0.3, 0.4) is 0 Å². The van der Waals surface area contributed by atoms with Crippen molar-refractivity contribution in [1.82, 2.24) is 0 Å². The van der Waals surface area contributed by atoms with Crippen molar-refractivity contribution >= 4 is 0 Å². The molecule has 0 saturated heterocycles. The minimum absolute atomic E-state index is 0.462. The molecule has 1 aliphatic carbocycles. The van der Waals surface area contributed by atoms with E-state index in [0.717, 1.165) is 5.92 Å². The molecule has 0 heteroatoms. The third kappa shape index (κ3) is 2.69. The van der Waals surface area contributed by atoms with Crippen LogP contribution < -0.4 is 0 Å². The molecule has 0 aromatic heterocycles. The summed E-state index contributed by atoms with van der Waals surface area (Å²) in [5.41, 5.74) is 0.462. The molecule has 1 aliphatic rings. The fraction of sp³-hybridized carbons (Fsp3) is 0.818. The van der Waals surface area contributed by atoms with Crippen LogP contribution in [0.2, 0.25) is 0 Å². The molecule has 1 atom stereocenters. The molecular formula is C11H20. The monoisotopic (exact) mass is 152 g/mol. The number of rotatable bonds is 1. The molecule has 0 N–H and O–H groups in total. The molecular weight excluding hydrogens is 132 g/mol. The summed E-state index contributed by atoms with van der Waals surface area (Å²) in [6.45, 7) is 6.97. The normalized spacial score (nSPS) is 29.9. The van der Waals surface area contributed by atoms with Gasteiger partial charge in [0.2, 0.25) is 0 Å². The van der Waals surface area contributed by atoms with Crippen LogP contribution in [0.25, 0.3) is 0 Å². The van der Waals surface area contributed by atoms with E-state index in [2.05, 4.69) is 32.9 Å². The van der Waals surface area contributed by atoms with Gasteiger partial charge >= 0.3 is 0 Å². The lowest BCUT2D eigenvalue weighted by molar-refractivity contribution is 0.371. The van der Waals surface area contributed by atoms with Crippen LogP contribution in [-0.4, -0.2) is 0 Å². The Morgan fingerprint density at radius 1 is 1.45 bits per heavy atom. The van der Waals surface area contributed by atoms with Gasteiger partial charge in [-0.15, -0.1) is 0 Å². The summed E-state index contributed by atoms with van der Waals surface area (Å²) in [7, 11) is 0. The molecule has 11 heavy (non-hydrogen) atoms. The highest BCUT2D eigenvalue weighted by atomic mass is 14.2. The minimum atomic E-state index is 0.462. The smallest absolute Gasteiger partial charge is 0.0175 e. The van der Waals surface area contributed by atoms with E-state index in [1.165, 1.54) is 25.7 Å². The molecule has 0 radical (unpaired) electrons. The van der Waals surface area contributed by atoms with Gasteiger partial charge in [-0.25, -0.2) is 0 Å². The zero-order chi connectivity index (χ0) is 8.32. The van der Waals surface area contributed by atoms with E-state index in [4.69, 9.17) is 0 Å². The molecule has 0 spiro atoms. The molecule has 1 rings (SSSR count). The lowest BCUT2D eigenvalue weighted by Crippen LogP contribution is -2.07. The molecule has 1 unspecified atom stereocenters. The Kier molecular flexibility index (Phi) is 2.75. The van der Waals surface area contributed by atoms with Crippen molar-refractivity contribution in [3.8, 4) is 0 Å². The zero-order valence-electron chi connectivity index (χ0n) is 8.06. The predicted octanol–water partition coefficient (Wildman–Crippen LogP) is 3.78. The maximum atomic E-state index is 2.39. The van der Waals surface area contributed by atoms with Gasteiger partial charge in [0, 0.05) is 0 Å². The average molecular weight is 152 g/mol. The van der Waals surface area contributed by atoms with Gasteiger partial charge in [-0.1, -0.05) is 39.3 Å². The van der Waals surface area contributed by atoms with Gasteiger partial charge in [0.25, 0.3) is 0 Å². The molecule has 0 heterocycles. The van der Waals surface area contributed by atoms with Crippen LogP contribution in [0.1, 0.15) is 46.5 Å². The van der Waals surface area contributed by atoms with E-state index >= 15 is 0 Å². The highest BCUT2D eigenvalue weighted by Crippen LogP contribution is 2.32. The Morgan fingerprint density at radius 2 is 2.18 bits per heavy atom. The molecule has 0 saturated carbocycles. The molecule has 0 bridgehead atoms. The van der Waals surface area contributed by atoms with Crippen molar-refractivity contribution in [1.29, 1.82) is 0 Å². The van der Waals surface area contributed by atoms with Gasteiger partial charge in [0.05, 0.1) is 0 Å². The zero-order valence-corrected chi connectivity index (χ0v) is 8.06. The number of hydrogen-bond donors (Lipinski definition) is 0. The SMILES string of the molecule is CCC1CC=CC(C)(C)CC1. The van der Waals surface area contributed by atoms with Crippen molar-refractivity contribution in [2.24, 2.45) is 11.3 Å². The largest absolute Gasteiger partial charge is 0.0877 e. The van der Waals surface area contributed by atoms with Gasteiger partial charge < -0.3 is 0 Å². The fourth-order valence-electron chi connectivity index (χ4n) is 1.73. The van der Waals surface area contributed by atoms with Crippen molar-refractivity contribution in [3.05, 3.63) is 12.2 Å². The summed E-state index contributed by atoms with van der Waals surface area (Å²) in [6.07, 6.45) is 10.2. The Morgan fingerprint density at radius 3 is 2.82 bits per heavy atom. The Hall–Kier alpha value is -0.260. The summed E-state index contributed by atoms with van der Waals surface area (Å²) in [6, 6.07) is 0. The van der Waals surface area contributed by atoms with Gasteiger partial charge in [-0.3, -0.25) is 0 Å². The summed E-state index contributed by atoms with van der Waals surface area (Å²) >= 11 is 0. The summed E-state index contributed by atoms with van der Waals surface area (Å²) < 4.78 is 0. The molecule has 0 aliphatic heterocycles. The Balaban J connectivity index is 2.50. The van der Waals surface area contributed by atoms with Crippen molar-refractivity contribution in [3.63, 3.8) is 0 Å². The van der Waals surface area contributed by atoms with Crippen molar-refractivity contribution in [2.45, 2.75) is 46.5 Å². The van der Waals surface area contributed by atoms with Gasteiger partial charge in [-0.2, -0.15) is 0 Å². The van der Waals surface area contributed by atoms with Gasteiger partial charge in [-0.05, 0) is 30.6 Å². The number of allylic oxidation sites excluding steroid dienone is 2. The molecule has 64 valence electrons. The Labute approximate surface area is 70.7 Å². The quantitative estimate of drug-likeness (QED) is 0.502. The first-order valence-electron chi connectivity index (χ1n) is 4.82. The molecule has 0 amide bonds. The van der Waals surface area contributed by atoms with E-state index in [1.54, 1.807) is 0 Å². The second-order valence-electron chi connectivity index (χ2n) is 4.44. The highest BCUT2D eigenvalue weighted by Gasteiger charge is 2.18. The lowest BCUT2D eigenvalue weighted by Gasteiger charge is -2.19. The molecule has 0 fully saturated rings. The first-order valence-corrected chi connectivity index (χ1v) is 4.82.